The van der Waals surface area contributed by atoms with Gasteiger partial charge in [-0.3, -0.25) is 4.79 Å². The Bertz CT molecular complexity index is 951. The van der Waals surface area contributed by atoms with Crippen LogP contribution in [0.15, 0.2) is 17.0 Å². The smallest absolute Gasteiger partial charge is 0.243 e. The van der Waals surface area contributed by atoms with E-state index >= 15 is 0 Å². The topological polar surface area (TPSA) is 82.2 Å². The molecule has 1 saturated heterocycles. The number of ether oxygens (including phenoxy) is 1. The van der Waals surface area contributed by atoms with Gasteiger partial charge in [-0.2, -0.15) is 0 Å². The lowest BCUT2D eigenvalue weighted by atomic mass is 9.85. The van der Waals surface area contributed by atoms with Gasteiger partial charge in [0.25, 0.3) is 0 Å². The number of likely N-dealkylation sites (tertiary alicyclic amines) is 1. The van der Waals surface area contributed by atoms with Gasteiger partial charge < -0.3 is 19.9 Å². The predicted molar refractivity (Wildman–Crippen MR) is 139 cm³/mol. The standard InChI is InChI=1S/C26H44N4O4S/c1-19-15-24(34-6)16-20(2)26(19)35(32,33)29(5)13-12-25(31)27-22-9-7-21(8-10-22)17-30-14-11-23(18-30)28(3)4/h15-16,21-23H,7-14,17-18H2,1-6H3,(H,27,31)/t21?,22?,23-/m1/s1. The molecule has 35 heavy (non-hydrogen) atoms. The van der Waals surface area contributed by atoms with Crippen molar-refractivity contribution in [2.75, 3.05) is 54.4 Å². The third kappa shape index (κ3) is 7.18. The highest BCUT2D eigenvalue weighted by molar-refractivity contribution is 7.89. The largest absolute Gasteiger partial charge is 0.497 e. The summed E-state index contributed by atoms with van der Waals surface area (Å²) in [6.07, 6.45) is 5.68. The second-order valence-electron chi connectivity index (χ2n) is 10.6. The van der Waals surface area contributed by atoms with Crippen LogP contribution in [0.4, 0.5) is 0 Å². The van der Waals surface area contributed by atoms with Crippen molar-refractivity contribution in [3.63, 3.8) is 0 Å². The molecule has 3 rings (SSSR count). The van der Waals surface area contributed by atoms with E-state index < -0.39 is 10.0 Å². The van der Waals surface area contributed by atoms with Crippen LogP contribution in [0.25, 0.3) is 0 Å². The Balaban J connectivity index is 1.43. The molecule has 8 nitrogen and oxygen atoms in total. The molecular weight excluding hydrogens is 464 g/mol. The number of carbonyl (C=O) groups is 1. The van der Waals surface area contributed by atoms with Crippen LogP contribution >= 0.6 is 0 Å². The highest BCUT2D eigenvalue weighted by Crippen LogP contribution is 2.29. The van der Waals surface area contributed by atoms with Crippen molar-refractivity contribution in [1.82, 2.24) is 19.4 Å². The van der Waals surface area contributed by atoms with Crippen molar-refractivity contribution in [2.45, 2.75) is 69.4 Å². The SMILES string of the molecule is COc1cc(C)c(S(=O)(=O)N(C)CCC(=O)NC2CCC(CN3CC[C@@H](N(C)C)C3)CC2)c(C)c1. The molecule has 2 fully saturated rings. The number of nitrogens with one attached hydrogen (secondary N) is 1. The van der Waals surface area contributed by atoms with Gasteiger partial charge in [0.2, 0.25) is 15.9 Å². The van der Waals surface area contributed by atoms with Crippen LogP contribution in [0.1, 0.15) is 49.7 Å². The highest BCUT2D eigenvalue weighted by atomic mass is 32.2. The number of amides is 1. The average Bonchev–Trinajstić information content (AvgIpc) is 3.27. The Morgan fingerprint density at radius 3 is 2.26 bits per heavy atom. The van der Waals surface area contributed by atoms with Crippen molar-refractivity contribution >= 4 is 15.9 Å². The van der Waals surface area contributed by atoms with Crippen molar-refractivity contribution in [3.8, 4) is 5.75 Å². The van der Waals surface area contributed by atoms with E-state index in [-0.39, 0.29) is 29.8 Å². The fraction of sp³-hybridized carbons (Fsp3) is 0.731. The number of aryl methyl sites for hydroxylation is 2. The zero-order chi connectivity index (χ0) is 25.8. The number of methoxy groups -OCH3 is 1. The van der Waals surface area contributed by atoms with Crippen molar-refractivity contribution in [3.05, 3.63) is 23.3 Å². The van der Waals surface area contributed by atoms with Gasteiger partial charge in [-0.15, -0.1) is 0 Å². The second kappa shape index (κ2) is 12.0. The molecule has 2 aliphatic rings. The molecule has 1 aliphatic heterocycles. The van der Waals surface area contributed by atoms with Crippen molar-refractivity contribution < 1.29 is 17.9 Å². The van der Waals surface area contributed by atoms with Crippen LogP contribution in [0, 0.1) is 19.8 Å². The van der Waals surface area contributed by atoms with Crippen molar-refractivity contribution in [1.29, 1.82) is 0 Å². The van der Waals surface area contributed by atoms with Gasteiger partial charge in [0.1, 0.15) is 5.75 Å². The zero-order valence-corrected chi connectivity index (χ0v) is 23.2. The van der Waals surface area contributed by atoms with Crippen LogP contribution < -0.4 is 10.1 Å². The van der Waals surface area contributed by atoms with Crippen LogP contribution in [0.2, 0.25) is 0 Å². The summed E-state index contributed by atoms with van der Waals surface area (Å²) in [5.41, 5.74) is 1.28. The zero-order valence-electron chi connectivity index (χ0n) is 22.3. The van der Waals surface area contributed by atoms with E-state index in [0.717, 1.165) is 38.8 Å². The van der Waals surface area contributed by atoms with E-state index in [2.05, 4.69) is 29.2 Å². The first-order valence-electron chi connectivity index (χ1n) is 12.8. The summed E-state index contributed by atoms with van der Waals surface area (Å²) < 4.78 is 32.8. The number of hydrogen-bond donors (Lipinski definition) is 1. The molecule has 0 radical (unpaired) electrons. The molecule has 1 heterocycles. The number of nitrogens with zero attached hydrogens (tertiary/aromatic N) is 3. The molecule has 0 spiro atoms. The molecule has 1 N–H and O–H groups in total. The van der Waals surface area contributed by atoms with E-state index in [1.54, 1.807) is 33.1 Å². The first-order chi connectivity index (χ1) is 16.5. The first-order valence-corrected chi connectivity index (χ1v) is 14.2. The second-order valence-corrected chi connectivity index (χ2v) is 12.6. The Labute approximate surface area is 212 Å². The van der Waals surface area contributed by atoms with E-state index in [1.165, 1.54) is 24.3 Å². The number of carbonyl (C=O) groups excluding carboxylic acids is 1. The minimum Gasteiger partial charge on any atom is -0.497 e. The predicted octanol–water partition coefficient (Wildman–Crippen LogP) is 2.63. The first kappa shape index (κ1) is 27.9. The average molecular weight is 509 g/mol. The van der Waals surface area contributed by atoms with Gasteiger partial charge in [-0.25, -0.2) is 12.7 Å². The summed E-state index contributed by atoms with van der Waals surface area (Å²) in [5, 5.41) is 3.14. The molecule has 1 aromatic rings. The van der Waals surface area contributed by atoms with E-state index in [9.17, 15) is 13.2 Å². The Hall–Kier alpha value is -1.68. The highest BCUT2D eigenvalue weighted by Gasteiger charge is 2.29. The minimum absolute atomic E-state index is 0.0768. The maximum Gasteiger partial charge on any atom is 0.243 e. The number of benzene rings is 1. The lowest BCUT2D eigenvalue weighted by molar-refractivity contribution is -0.122. The fourth-order valence-corrected chi connectivity index (χ4v) is 7.10. The third-order valence-corrected chi connectivity index (χ3v) is 9.86. The van der Waals surface area contributed by atoms with E-state index in [1.807, 2.05) is 0 Å². The van der Waals surface area contributed by atoms with Crippen LogP contribution in [0.3, 0.4) is 0 Å². The summed E-state index contributed by atoms with van der Waals surface area (Å²) in [7, 11) is 3.73. The molecule has 1 aliphatic carbocycles. The molecule has 1 aromatic carbocycles. The molecule has 1 atom stereocenters. The van der Waals surface area contributed by atoms with Gasteiger partial charge in [-0.05, 0) is 95.8 Å². The maximum atomic E-state index is 13.2. The summed E-state index contributed by atoms with van der Waals surface area (Å²) in [6.45, 7) is 7.20. The monoisotopic (exact) mass is 508 g/mol. The molecule has 1 saturated carbocycles. The molecule has 0 unspecified atom stereocenters. The van der Waals surface area contributed by atoms with Gasteiger partial charge in [0, 0.05) is 45.2 Å². The number of likely N-dealkylation sites (N-methyl/N-ethyl adjacent to an activating group) is 1. The molecular formula is C26H44N4O4S. The number of sulfonamides is 1. The summed E-state index contributed by atoms with van der Waals surface area (Å²) in [6, 6.07) is 4.31. The minimum atomic E-state index is -3.69. The number of hydrogen-bond acceptors (Lipinski definition) is 6. The summed E-state index contributed by atoms with van der Waals surface area (Å²) in [4.78, 5) is 17.8. The van der Waals surface area contributed by atoms with Gasteiger partial charge in [0.15, 0.2) is 0 Å². The van der Waals surface area contributed by atoms with E-state index in [0.29, 0.717) is 28.8 Å². The lowest BCUT2D eigenvalue weighted by Gasteiger charge is -2.32. The third-order valence-electron chi connectivity index (χ3n) is 7.70. The normalized spacial score (nSPS) is 23.7. The molecule has 9 heteroatoms. The Morgan fingerprint density at radius 2 is 1.71 bits per heavy atom. The molecule has 1 amide bonds. The molecule has 0 aromatic heterocycles. The van der Waals surface area contributed by atoms with Gasteiger partial charge in [-0.1, -0.05) is 0 Å². The molecule has 198 valence electrons. The fourth-order valence-electron chi connectivity index (χ4n) is 5.52. The maximum absolute atomic E-state index is 13.2. The van der Waals surface area contributed by atoms with Crippen LogP contribution in [-0.2, 0) is 14.8 Å². The lowest BCUT2D eigenvalue weighted by Crippen LogP contribution is -2.41. The summed E-state index contributed by atoms with van der Waals surface area (Å²) >= 11 is 0. The molecule has 0 bridgehead atoms. The van der Waals surface area contributed by atoms with Crippen molar-refractivity contribution in [2.24, 2.45) is 5.92 Å². The van der Waals surface area contributed by atoms with E-state index in [4.69, 9.17) is 4.74 Å². The van der Waals surface area contributed by atoms with Gasteiger partial charge >= 0.3 is 0 Å². The Kier molecular flexibility index (Phi) is 9.60. The van der Waals surface area contributed by atoms with Crippen LogP contribution in [0.5, 0.6) is 5.75 Å². The quantitative estimate of drug-likeness (QED) is 0.523. The van der Waals surface area contributed by atoms with Crippen LogP contribution in [-0.4, -0.2) is 94.9 Å². The van der Waals surface area contributed by atoms with Gasteiger partial charge in [0.05, 0.1) is 12.0 Å². The number of rotatable bonds is 10. The Morgan fingerprint density at radius 1 is 1.09 bits per heavy atom. The summed E-state index contributed by atoms with van der Waals surface area (Å²) in [5.74, 6) is 1.26.